The lowest BCUT2D eigenvalue weighted by atomic mass is 10.2. The van der Waals surface area contributed by atoms with E-state index in [-0.39, 0.29) is 5.82 Å². The highest BCUT2D eigenvalue weighted by Crippen LogP contribution is 2.20. The third-order valence-electron chi connectivity index (χ3n) is 2.69. The van der Waals surface area contributed by atoms with Crippen molar-refractivity contribution in [3.8, 4) is 5.75 Å². The maximum atomic E-state index is 12.8. The molecule has 0 spiro atoms. The Labute approximate surface area is 126 Å². The number of rotatable bonds is 6. The van der Waals surface area contributed by atoms with Crippen molar-refractivity contribution in [2.24, 2.45) is 5.84 Å². The van der Waals surface area contributed by atoms with Gasteiger partial charge >= 0.3 is 0 Å². The molecule has 1 amide bonds. The monoisotopic (exact) mass is 306 g/mol. The molecule has 0 fully saturated rings. The summed E-state index contributed by atoms with van der Waals surface area (Å²) in [5.41, 5.74) is 2.48. The van der Waals surface area contributed by atoms with Gasteiger partial charge in [-0.3, -0.25) is 10.2 Å². The van der Waals surface area contributed by atoms with E-state index in [4.69, 9.17) is 10.6 Å². The van der Waals surface area contributed by atoms with Crippen molar-refractivity contribution in [2.45, 2.75) is 4.90 Å². The highest BCUT2D eigenvalue weighted by Gasteiger charge is 2.10. The molecule has 0 atom stereocenters. The zero-order valence-corrected chi connectivity index (χ0v) is 12.0. The van der Waals surface area contributed by atoms with Crippen LogP contribution in [0.25, 0.3) is 0 Å². The standard InChI is InChI=1S/C15H15FN2O2S/c16-11-5-7-12(8-6-11)21-10-9-20-14-4-2-1-3-13(14)15(19)18-17/h1-8H,9-10,17H2,(H,18,19). The number of amides is 1. The number of hydrogen-bond donors (Lipinski definition) is 2. The molecule has 0 radical (unpaired) electrons. The fourth-order valence-electron chi connectivity index (χ4n) is 1.70. The van der Waals surface area contributed by atoms with Crippen LogP contribution in [0.15, 0.2) is 53.4 Å². The van der Waals surface area contributed by atoms with Crippen LogP contribution in [-0.2, 0) is 0 Å². The van der Waals surface area contributed by atoms with Crippen molar-refractivity contribution in [2.75, 3.05) is 12.4 Å². The lowest BCUT2D eigenvalue weighted by Crippen LogP contribution is -2.30. The quantitative estimate of drug-likeness (QED) is 0.283. The van der Waals surface area contributed by atoms with E-state index in [0.29, 0.717) is 23.7 Å². The molecule has 0 unspecified atom stereocenters. The molecule has 0 saturated carbocycles. The molecule has 0 heterocycles. The number of carbonyl (C=O) groups is 1. The highest BCUT2D eigenvalue weighted by atomic mass is 32.2. The maximum absolute atomic E-state index is 12.8. The molecule has 0 aliphatic carbocycles. The number of hydrazine groups is 1. The second-order valence-electron chi connectivity index (χ2n) is 4.12. The van der Waals surface area contributed by atoms with E-state index in [2.05, 4.69) is 5.43 Å². The van der Waals surface area contributed by atoms with Crippen LogP contribution in [0.4, 0.5) is 4.39 Å². The van der Waals surface area contributed by atoms with Gasteiger partial charge in [-0.05, 0) is 36.4 Å². The normalized spacial score (nSPS) is 10.2. The number of halogens is 1. The number of para-hydroxylation sites is 1. The van der Waals surface area contributed by atoms with Crippen molar-refractivity contribution >= 4 is 17.7 Å². The summed E-state index contributed by atoms with van der Waals surface area (Å²) in [7, 11) is 0. The summed E-state index contributed by atoms with van der Waals surface area (Å²) in [6.07, 6.45) is 0. The number of nitrogens with one attached hydrogen (secondary N) is 1. The molecule has 2 rings (SSSR count). The second kappa shape index (κ2) is 7.66. The predicted octanol–water partition coefficient (Wildman–Crippen LogP) is 2.60. The average molecular weight is 306 g/mol. The van der Waals surface area contributed by atoms with E-state index in [0.717, 1.165) is 4.90 Å². The van der Waals surface area contributed by atoms with Crippen molar-refractivity contribution in [1.29, 1.82) is 0 Å². The van der Waals surface area contributed by atoms with Gasteiger partial charge in [0.15, 0.2) is 0 Å². The fourth-order valence-corrected chi connectivity index (χ4v) is 2.43. The van der Waals surface area contributed by atoms with E-state index < -0.39 is 5.91 Å². The van der Waals surface area contributed by atoms with Crippen molar-refractivity contribution < 1.29 is 13.9 Å². The van der Waals surface area contributed by atoms with Gasteiger partial charge in [0.25, 0.3) is 5.91 Å². The van der Waals surface area contributed by atoms with Crippen LogP contribution in [0.3, 0.4) is 0 Å². The molecule has 0 aromatic heterocycles. The summed E-state index contributed by atoms with van der Waals surface area (Å²) in [5.74, 6) is 5.65. The third-order valence-corrected chi connectivity index (χ3v) is 3.66. The van der Waals surface area contributed by atoms with Crippen LogP contribution >= 0.6 is 11.8 Å². The van der Waals surface area contributed by atoms with E-state index >= 15 is 0 Å². The summed E-state index contributed by atoms with van der Waals surface area (Å²) in [4.78, 5) is 12.5. The number of benzene rings is 2. The van der Waals surface area contributed by atoms with E-state index in [9.17, 15) is 9.18 Å². The van der Waals surface area contributed by atoms with Gasteiger partial charge in [-0.15, -0.1) is 11.8 Å². The largest absolute Gasteiger partial charge is 0.492 e. The molecule has 110 valence electrons. The van der Waals surface area contributed by atoms with Crippen LogP contribution in [0.1, 0.15) is 10.4 Å². The van der Waals surface area contributed by atoms with E-state index in [1.54, 1.807) is 48.2 Å². The molecule has 0 bridgehead atoms. The van der Waals surface area contributed by atoms with Crippen molar-refractivity contribution in [3.05, 3.63) is 59.9 Å². The first kappa shape index (κ1) is 15.3. The van der Waals surface area contributed by atoms with Gasteiger partial charge in [0.2, 0.25) is 0 Å². The minimum Gasteiger partial charge on any atom is -0.492 e. The number of hydrogen-bond acceptors (Lipinski definition) is 4. The summed E-state index contributed by atoms with van der Waals surface area (Å²) >= 11 is 1.55. The predicted molar refractivity (Wildman–Crippen MR) is 80.7 cm³/mol. The first-order valence-electron chi connectivity index (χ1n) is 6.32. The summed E-state index contributed by atoms with van der Waals surface area (Å²) in [5, 5.41) is 0. The minimum atomic E-state index is -0.392. The Hall–Kier alpha value is -2.05. The Balaban J connectivity index is 1.86. The lowest BCUT2D eigenvalue weighted by Gasteiger charge is -2.10. The summed E-state index contributed by atoms with van der Waals surface area (Å²) in [6, 6.07) is 13.2. The van der Waals surface area contributed by atoms with Gasteiger partial charge in [0.05, 0.1) is 12.2 Å². The minimum absolute atomic E-state index is 0.252. The topological polar surface area (TPSA) is 64.3 Å². The Morgan fingerprint density at radius 3 is 2.62 bits per heavy atom. The molecule has 0 aliphatic heterocycles. The van der Waals surface area contributed by atoms with Crippen LogP contribution in [-0.4, -0.2) is 18.3 Å². The first-order chi connectivity index (χ1) is 10.2. The lowest BCUT2D eigenvalue weighted by molar-refractivity contribution is 0.0950. The Morgan fingerprint density at radius 2 is 1.90 bits per heavy atom. The Kier molecular flexibility index (Phi) is 5.59. The highest BCUT2D eigenvalue weighted by molar-refractivity contribution is 7.99. The van der Waals surface area contributed by atoms with Crippen molar-refractivity contribution in [1.82, 2.24) is 5.43 Å². The molecule has 2 aromatic carbocycles. The second-order valence-corrected chi connectivity index (χ2v) is 5.29. The first-order valence-corrected chi connectivity index (χ1v) is 7.30. The molecule has 0 saturated heterocycles. The number of carbonyl (C=O) groups excluding carboxylic acids is 1. The van der Waals surface area contributed by atoms with Gasteiger partial charge in [-0.1, -0.05) is 12.1 Å². The third kappa shape index (κ3) is 4.47. The average Bonchev–Trinajstić information content (AvgIpc) is 2.53. The number of thioether (sulfide) groups is 1. The SMILES string of the molecule is NNC(=O)c1ccccc1OCCSc1ccc(F)cc1. The van der Waals surface area contributed by atoms with E-state index in [1.807, 2.05) is 0 Å². The van der Waals surface area contributed by atoms with E-state index in [1.165, 1.54) is 12.1 Å². The van der Waals surface area contributed by atoms with Gasteiger partial charge in [0.1, 0.15) is 11.6 Å². The molecular formula is C15H15FN2O2S. The molecular weight excluding hydrogens is 291 g/mol. The molecule has 4 nitrogen and oxygen atoms in total. The van der Waals surface area contributed by atoms with Crippen LogP contribution in [0.5, 0.6) is 5.75 Å². The van der Waals surface area contributed by atoms with Crippen LogP contribution in [0.2, 0.25) is 0 Å². The summed E-state index contributed by atoms with van der Waals surface area (Å²) in [6.45, 7) is 0.427. The zero-order valence-electron chi connectivity index (χ0n) is 11.2. The molecule has 21 heavy (non-hydrogen) atoms. The molecule has 3 N–H and O–H groups in total. The Morgan fingerprint density at radius 1 is 1.19 bits per heavy atom. The van der Waals surface area contributed by atoms with Crippen LogP contribution < -0.4 is 16.0 Å². The molecule has 2 aromatic rings. The molecule has 6 heteroatoms. The molecule has 0 aliphatic rings. The van der Waals surface area contributed by atoms with Gasteiger partial charge in [-0.2, -0.15) is 0 Å². The van der Waals surface area contributed by atoms with Crippen molar-refractivity contribution in [3.63, 3.8) is 0 Å². The van der Waals surface area contributed by atoms with Gasteiger partial charge < -0.3 is 4.74 Å². The summed E-state index contributed by atoms with van der Waals surface area (Å²) < 4.78 is 18.4. The smallest absolute Gasteiger partial charge is 0.268 e. The van der Waals surface area contributed by atoms with Gasteiger partial charge in [-0.25, -0.2) is 10.2 Å². The number of nitrogen functional groups attached to an aromatic ring is 1. The maximum Gasteiger partial charge on any atom is 0.268 e. The number of ether oxygens (including phenoxy) is 1. The number of nitrogens with two attached hydrogens (primary N) is 1. The zero-order chi connectivity index (χ0) is 15.1. The van der Waals surface area contributed by atoms with Gasteiger partial charge in [0, 0.05) is 10.6 Å². The van der Waals surface area contributed by atoms with Crippen LogP contribution in [0, 0.1) is 5.82 Å². The Bertz CT molecular complexity index is 605. The fraction of sp³-hybridized carbons (Fsp3) is 0.133.